The van der Waals surface area contributed by atoms with Crippen molar-refractivity contribution in [3.63, 3.8) is 0 Å². The van der Waals surface area contributed by atoms with Crippen molar-refractivity contribution >= 4 is 41.1 Å². The molecule has 2 amide bonds. The second kappa shape index (κ2) is 14.1. The zero-order chi connectivity index (χ0) is 24.2. The fourth-order valence-corrected chi connectivity index (χ4v) is 4.24. The third-order valence-electron chi connectivity index (χ3n) is 5.58. The van der Waals surface area contributed by atoms with E-state index in [1.165, 1.54) is 13.8 Å². The number of esters is 2. The van der Waals surface area contributed by atoms with Gasteiger partial charge >= 0.3 is 24.1 Å². The van der Waals surface area contributed by atoms with Crippen LogP contribution in [0.4, 0.5) is 9.59 Å². The van der Waals surface area contributed by atoms with Gasteiger partial charge in [-0.3, -0.25) is 14.9 Å². The summed E-state index contributed by atoms with van der Waals surface area (Å²) >= 11 is 0.976. The highest BCUT2D eigenvalue weighted by Crippen LogP contribution is 2.26. The Bertz CT molecular complexity index is 717. The van der Waals surface area contributed by atoms with Crippen LogP contribution in [0.25, 0.3) is 0 Å². The van der Waals surface area contributed by atoms with Gasteiger partial charge in [-0.2, -0.15) is 4.99 Å². The lowest BCUT2D eigenvalue weighted by Crippen LogP contribution is -2.35. The lowest BCUT2D eigenvalue weighted by molar-refractivity contribution is -0.171. The van der Waals surface area contributed by atoms with Gasteiger partial charge in [0.2, 0.25) is 12.6 Å². The number of hydrogen-bond acceptors (Lipinski definition) is 9. The summed E-state index contributed by atoms with van der Waals surface area (Å²) in [5, 5.41) is 2.22. The highest BCUT2D eigenvalue weighted by molar-refractivity contribution is 8.13. The molecule has 0 aromatic carbocycles. The zero-order valence-electron chi connectivity index (χ0n) is 19.5. The highest BCUT2D eigenvalue weighted by atomic mass is 32.2. The summed E-state index contributed by atoms with van der Waals surface area (Å²) < 4.78 is 20.4. The van der Waals surface area contributed by atoms with Gasteiger partial charge in [0.25, 0.3) is 0 Å². The smallest absolute Gasteiger partial charge is 0.425 e. The van der Waals surface area contributed by atoms with E-state index in [1.54, 1.807) is 6.26 Å². The molecular formula is C22H34N2O8S. The van der Waals surface area contributed by atoms with E-state index in [0.717, 1.165) is 76.0 Å². The van der Waals surface area contributed by atoms with Crippen molar-refractivity contribution in [3.8, 4) is 0 Å². The second-order valence-electron chi connectivity index (χ2n) is 8.21. The number of alkyl carbamates (subject to hydrolysis) is 1. The Morgan fingerprint density at radius 1 is 0.758 bits per heavy atom. The van der Waals surface area contributed by atoms with Crippen molar-refractivity contribution in [2.75, 3.05) is 6.26 Å². The molecule has 10 nitrogen and oxygen atoms in total. The Labute approximate surface area is 198 Å². The zero-order valence-corrected chi connectivity index (χ0v) is 20.3. The first kappa shape index (κ1) is 26.9. The Morgan fingerprint density at radius 2 is 1.21 bits per heavy atom. The van der Waals surface area contributed by atoms with E-state index < -0.39 is 24.8 Å². The normalized spacial score (nSPS) is 19.7. The maximum Gasteiger partial charge on any atom is 0.439 e. The summed E-state index contributed by atoms with van der Waals surface area (Å²) in [6, 6.07) is 0. The molecule has 2 atom stereocenters. The van der Waals surface area contributed by atoms with Crippen molar-refractivity contribution in [2.45, 2.75) is 90.6 Å². The Kier molecular flexibility index (Phi) is 11.5. The first-order valence-corrected chi connectivity index (χ1v) is 12.7. The number of carbonyl (C=O) groups is 4. The summed E-state index contributed by atoms with van der Waals surface area (Å²) in [7, 11) is 0. The number of thioether (sulfide) groups is 1. The molecule has 0 aliphatic heterocycles. The summed E-state index contributed by atoms with van der Waals surface area (Å²) in [6.07, 6.45) is 6.68. The van der Waals surface area contributed by atoms with Crippen molar-refractivity contribution in [1.29, 1.82) is 0 Å². The molecule has 0 aromatic heterocycles. The predicted molar refractivity (Wildman–Crippen MR) is 121 cm³/mol. The minimum absolute atomic E-state index is 0.0818. The maximum atomic E-state index is 12.1. The van der Waals surface area contributed by atoms with Crippen LogP contribution in [0, 0.1) is 11.8 Å². The summed E-state index contributed by atoms with van der Waals surface area (Å²) in [5.41, 5.74) is 0. The summed E-state index contributed by atoms with van der Waals surface area (Å²) in [5.74, 6) is -1.10. The Hall–Kier alpha value is -2.30. The van der Waals surface area contributed by atoms with Crippen molar-refractivity contribution in [3.05, 3.63) is 0 Å². The number of nitrogens with one attached hydrogen (secondary N) is 1. The van der Waals surface area contributed by atoms with Crippen LogP contribution >= 0.6 is 11.8 Å². The van der Waals surface area contributed by atoms with Gasteiger partial charge in [0.15, 0.2) is 5.17 Å². The van der Waals surface area contributed by atoms with E-state index in [2.05, 4.69) is 10.3 Å². The number of hydrogen-bond donors (Lipinski definition) is 1. The van der Waals surface area contributed by atoms with Gasteiger partial charge in [0.05, 0.1) is 11.8 Å². The fourth-order valence-electron chi connectivity index (χ4n) is 3.89. The molecule has 2 unspecified atom stereocenters. The van der Waals surface area contributed by atoms with Crippen molar-refractivity contribution in [2.24, 2.45) is 16.8 Å². The van der Waals surface area contributed by atoms with Crippen LogP contribution in [0.1, 0.15) is 78.1 Å². The van der Waals surface area contributed by atoms with Crippen LogP contribution in [-0.2, 0) is 28.5 Å². The van der Waals surface area contributed by atoms with Crippen LogP contribution in [0.15, 0.2) is 4.99 Å². The van der Waals surface area contributed by atoms with Gasteiger partial charge in [0, 0.05) is 13.8 Å². The summed E-state index contributed by atoms with van der Waals surface area (Å²) in [6.45, 7) is 2.86. The van der Waals surface area contributed by atoms with Crippen LogP contribution in [0.2, 0.25) is 0 Å². The molecule has 186 valence electrons. The van der Waals surface area contributed by atoms with Gasteiger partial charge in [0.1, 0.15) is 0 Å². The number of rotatable bonds is 6. The van der Waals surface area contributed by atoms with Crippen LogP contribution in [0.5, 0.6) is 0 Å². The quantitative estimate of drug-likeness (QED) is 0.249. The van der Waals surface area contributed by atoms with E-state index in [4.69, 9.17) is 18.9 Å². The molecule has 0 radical (unpaired) electrons. The van der Waals surface area contributed by atoms with Crippen LogP contribution in [-0.4, -0.2) is 48.1 Å². The number of carbonyl (C=O) groups excluding carboxylic acids is 4. The highest BCUT2D eigenvalue weighted by Gasteiger charge is 2.26. The Balaban J connectivity index is 1.74. The van der Waals surface area contributed by atoms with Crippen molar-refractivity contribution < 1.29 is 38.1 Å². The first-order chi connectivity index (χ1) is 15.8. The number of amidine groups is 1. The molecule has 33 heavy (non-hydrogen) atoms. The molecule has 2 aliphatic rings. The van der Waals surface area contributed by atoms with E-state index in [9.17, 15) is 19.2 Å². The molecule has 2 aliphatic carbocycles. The van der Waals surface area contributed by atoms with E-state index in [0.29, 0.717) is 0 Å². The average molecular weight is 487 g/mol. The Morgan fingerprint density at radius 3 is 1.67 bits per heavy atom. The molecule has 1 N–H and O–H groups in total. The van der Waals surface area contributed by atoms with E-state index in [-0.39, 0.29) is 28.9 Å². The number of ether oxygens (including phenoxy) is 4. The van der Waals surface area contributed by atoms with Crippen molar-refractivity contribution in [1.82, 2.24) is 5.32 Å². The molecule has 0 heterocycles. The molecule has 2 saturated carbocycles. The molecule has 0 bridgehead atoms. The molecular weight excluding hydrogens is 452 g/mol. The molecule has 0 saturated heterocycles. The lowest BCUT2D eigenvalue weighted by Gasteiger charge is -2.22. The van der Waals surface area contributed by atoms with Crippen LogP contribution in [0.3, 0.4) is 0 Å². The minimum Gasteiger partial charge on any atom is -0.425 e. The van der Waals surface area contributed by atoms with Crippen LogP contribution < -0.4 is 5.32 Å². The van der Waals surface area contributed by atoms with Gasteiger partial charge in [-0.15, -0.1) is 0 Å². The largest absolute Gasteiger partial charge is 0.439 e. The molecule has 0 spiro atoms. The second-order valence-corrected chi connectivity index (χ2v) is 9.01. The molecule has 2 rings (SSSR count). The third-order valence-corrected chi connectivity index (χ3v) is 6.16. The summed E-state index contributed by atoms with van der Waals surface area (Å²) in [4.78, 5) is 52.0. The molecule has 11 heteroatoms. The molecule has 0 aromatic rings. The maximum absolute atomic E-state index is 12.1. The minimum atomic E-state index is -1.11. The predicted octanol–water partition coefficient (Wildman–Crippen LogP) is 4.51. The van der Waals surface area contributed by atoms with E-state index in [1.807, 2.05) is 0 Å². The molecule has 2 fully saturated rings. The third kappa shape index (κ3) is 10.0. The average Bonchev–Trinajstić information content (AvgIpc) is 2.79. The monoisotopic (exact) mass is 486 g/mol. The van der Waals surface area contributed by atoms with E-state index >= 15 is 0 Å². The van der Waals surface area contributed by atoms with Gasteiger partial charge in [-0.1, -0.05) is 50.3 Å². The number of aliphatic imine (C=N–C) groups is 1. The van der Waals surface area contributed by atoms with Gasteiger partial charge in [-0.05, 0) is 31.9 Å². The SMILES string of the molecule is CSC(=NC(=O)OC(C)OC(=O)C1CCCCC1)NC(=O)OC(C)OC(=O)C1CCCCC1. The van der Waals surface area contributed by atoms with Gasteiger partial charge in [-0.25, -0.2) is 9.59 Å². The first-order valence-electron chi connectivity index (χ1n) is 11.5. The van der Waals surface area contributed by atoms with Gasteiger partial charge < -0.3 is 18.9 Å². The fraction of sp³-hybridized carbons (Fsp3) is 0.773. The standard InChI is InChI=1S/C22H34N2O8S/c1-14(29-18(25)16-10-6-4-7-11-16)31-21(27)23-20(33-3)24-22(28)32-15(2)30-19(26)17-12-8-5-9-13-17/h14-17H,4-13H2,1-3H3,(H,23,24,27,28). The lowest BCUT2D eigenvalue weighted by atomic mass is 9.89. The topological polar surface area (TPSA) is 130 Å². The number of nitrogens with zero attached hydrogens (tertiary/aromatic N) is 1. The number of amides is 2.